The largest absolute Gasteiger partial charge is 0.478 e. The van der Waals surface area contributed by atoms with Crippen LogP contribution in [0.25, 0.3) is 0 Å². The first-order valence-corrected chi connectivity index (χ1v) is 7.57. The maximum atomic E-state index is 12.3. The molecule has 1 aromatic rings. The van der Waals surface area contributed by atoms with Gasteiger partial charge in [-0.3, -0.25) is 4.79 Å². The van der Waals surface area contributed by atoms with Gasteiger partial charge in [-0.25, -0.2) is 4.79 Å². The molecular weight excluding hydrogens is 266 g/mol. The molecule has 0 aliphatic carbocycles. The van der Waals surface area contributed by atoms with Crippen molar-refractivity contribution in [1.82, 2.24) is 4.90 Å². The zero-order valence-corrected chi connectivity index (χ0v) is 12.7. The summed E-state index contributed by atoms with van der Waals surface area (Å²) in [6.07, 6.45) is 2.42. The summed E-state index contributed by atoms with van der Waals surface area (Å²) in [5, 5.41) is 8.98. The van der Waals surface area contributed by atoms with E-state index in [0.29, 0.717) is 11.8 Å². The highest BCUT2D eigenvalue weighted by Gasteiger charge is 2.24. The Bertz CT molecular complexity index is 517. The highest BCUT2D eigenvalue weighted by molar-refractivity contribution is 5.88. The van der Waals surface area contributed by atoms with Crippen LogP contribution in [0.1, 0.15) is 42.6 Å². The van der Waals surface area contributed by atoms with Gasteiger partial charge in [-0.1, -0.05) is 26.0 Å². The van der Waals surface area contributed by atoms with E-state index in [0.717, 1.165) is 31.5 Å². The molecular formula is C17H23NO3. The van der Waals surface area contributed by atoms with Crippen LogP contribution >= 0.6 is 0 Å². The Morgan fingerprint density at radius 2 is 1.95 bits per heavy atom. The van der Waals surface area contributed by atoms with Crippen LogP contribution in [0.2, 0.25) is 0 Å². The lowest BCUT2D eigenvalue weighted by Crippen LogP contribution is -2.40. The molecule has 1 aliphatic rings. The fourth-order valence-corrected chi connectivity index (χ4v) is 2.92. The van der Waals surface area contributed by atoms with Gasteiger partial charge in [0.05, 0.1) is 12.0 Å². The van der Waals surface area contributed by atoms with Crippen molar-refractivity contribution in [3.8, 4) is 0 Å². The van der Waals surface area contributed by atoms with Gasteiger partial charge < -0.3 is 10.0 Å². The number of likely N-dealkylation sites (tertiary alicyclic amines) is 1. The summed E-state index contributed by atoms with van der Waals surface area (Å²) < 4.78 is 0. The third-order valence-electron chi connectivity index (χ3n) is 4.36. The third kappa shape index (κ3) is 4.06. The topological polar surface area (TPSA) is 57.6 Å². The van der Waals surface area contributed by atoms with Crippen LogP contribution < -0.4 is 0 Å². The molecule has 1 saturated heterocycles. The van der Waals surface area contributed by atoms with Gasteiger partial charge in [0.25, 0.3) is 0 Å². The summed E-state index contributed by atoms with van der Waals surface area (Å²) in [7, 11) is 0. The van der Waals surface area contributed by atoms with E-state index in [9.17, 15) is 9.59 Å². The van der Waals surface area contributed by atoms with Gasteiger partial charge in [0.2, 0.25) is 5.91 Å². The molecule has 1 aliphatic heterocycles. The SMILES string of the molecule is CC(C)C1CCN(C(=O)Cc2cccc(C(=O)O)c2)CC1. The monoisotopic (exact) mass is 289 g/mol. The second-order valence-corrected chi connectivity index (χ2v) is 6.14. The van der Waals surface area contributed by atoms with Crippen molar-refractivity contribution in [3.63, 3.8) is 0 Å². The molecule has 0 saturated carbocycles. The van der Waals surface area contributed by atoms with Crippen LogP contribution in [-0.2, 0) is 11.2 Å². The summed E-state index contributed by atoms with van der Waals surface area (Å²) >= 11 is 0. The van der Waals surface area contributed by atoms with Crippen molar-refractivity contribution < 1.29 is 14.7 Å². The number of hydrogen-bond acceptors (Lipinski definition) is 2. The predicted octanol–water partition coefficient (Wildman–Crippen LogP) is 2.82. The standard InChI is InChI=1S/C17H23NO3/c1-12(2)14-6-8-18(9-7-14)16(19)11-13-4-3-5-15(10-13)17(20)21/h3-5,10,12,14H,6-9,11H2,1-2H3,(H,20,21). The van der Waals surface area contributed by atoms with Gasteiger partial charge in [-0.2, -0.15) is 0 Å². The zero-order valence-electron chi connectivity index (χ0n) is 12.7. The second kappa shape index (κ2) is 6.74. The van der Waals surface area contributed by atoms with Crippen molar-refractivity contribution in [2.75, 3.05) is 13.1 Å². The van der Waals surface area contributed by atoms with E-state index < -0.39 is 5.97 Å². The maximum Gasteiger partial charge on any atom is 0.335 e. The highest BCUT2D eigenvalue weighted by atomic mass is 16.4. The summed E-state index contributed by atoms with van der Waals surface area (Å²) in [5.74, 6) is 0.528. The first-order chi connectivity index (χ1) is 9.97. The molecule has 0 atom stereocenters. The van der Waals surface area contributed by atoms with Gasteiger partial charge in [0.15, 0.2) is 0 Å². The maximum absolute atomic E-state index is 12.3. The van der Waals surface area contributed by atoms with Crippen molar-refractivity contribution in [1.29, 1.82) is 0 Å². The Morgan fingerprint density at radius 3 is 2.52 bits per heavy atom. The minimum Gasteiger partial charge on any atom is -0.478 e. The van der Waals surface area contributed by atoms with Crippen LogP contribution in [0, 0.1) is 11.8 Å². The van der Waals surface area contributed by atoms with Crippen molar-refractivity contribution in [3.05, 3.63) is 35.4 Å². The lowest BCUT2D eigenvalue weighted by molar-refractivity contribution is -0.132. The molecule has 4 heteroatoms. The van der Waals surface area contributed by atoms with Crippen LogP contribution in [0.4, 0.5) is 0 Å². The molecule has 0 aromatic heterocycles. The quantitative estimate of drug-likeness (QED) is 0.927. The Hall–Kier alpha value is -1.84. The lowest BCUT2D eigenvalue weighted by Gasteiger charge is -2.34. The predicted molar refractivity (Wildman–Crippen MR) is 81.2 cm³/mol. The Labute approximate surface area is 125 Å². The average molecular weight is 289 g/mol. The fourth-order valence-electron chi connectivity index (χ4n) is 2.92. The minimum absolute atomic E-state index is 0.0970. The molecule has 0 unspecified atom stereocenters. The normalized spacial score (nSPS) is 16.2. The molecule has 1 N–H and O–H groups in total. The minimum atomic E-state index is -0.956. The molecule has 21 heavy (non-hydrogen) atoms. The summed E-state index contributed by atoms with van der Waals surface area (Å²) in [5.41, 5.74) is 1.00. The van der Waals surface area contributed by atoms with Gasteiger partial charge in [-0.05, 0) is 42.4 Å². The van der Waals surface area contributed by atoms with Crippen LogP contribution in [-0.4, -0.2) is 35.0 Å². The van der Waals surface area contributed by atoms with Crippen molar-refractivity contribution in [2.24, 2.45) is 11.8 Å². The smallest absolute Gasteiger partial charge is 0.335 e. The molecule has 1 aromatic carbocycles. The number of carbonyl (C=O) groups is 2. The summed E-state index contributed by atoms with van der Waals surface area (Å²) in [4.78, 5) is 25.2. The number of nitrogens with zero attached hydrogens (tertiary/aromatic N) is 1. The van der Waals surface area contributed by atoms with E-state index in [4.69, 9.17) is 5.11 Å². The summed E-state index contributed by atoms with van der Waals surface area (Å²) in [6.45, 7) is 6.11. The first kappa shape index (κ1) is 15.5. The molecule has 1 heterocycles. The molecule has 2 rings (SSSR count). The number of piperidine rings is 1. The number of carbonyl (C=O) groups excluding carboxylic acids is 1. The van der Waals surface area contributed by atoms with E-state index in [1.165, 1.54) is 0 Å². The molecule has 0 bridgehead atoms. The van der Waals surface area contributed by atoms with E-state index in [1.54, 1.807) is 18.2 Å². The van der Waals surface area contributed by atoms with Gasteiger partial charge >= 0.3 is 5.97 Å². The van der Waals surface area contributed by atoms with Crippen LogP contribution in [0.5, 0.6) is 0 Å². The fraction of sp³-hybridized carbons (Fsp3) is 0.529. The molecule has 0 spiro atoms. The van der Waals surface area contributed by atoms with E-state index in [-0.39, 0.29) is 17.9 Å². The van der Waals surface area contributed by atoms with Gasteiger partial charge in [0.1, 0.15) is 0 Å². The number of benzene rings is 1. The zero-order chi connectivity index (χ0) is 15.4. The molecule has 0 radical (unpaired) electrons. The number of amides is 1. The number of rotatable bonds is 4. The van der Waals surface area contributed by atoms with Gasteiger partial charge in [0, 0.05) is 13.1 Å². The molecule has 1 fully saturated rings. The highest BCUT2D eigenvalue weighted by Crippen LogP contribution is 2.24. The van der Waals surface area contributed by atoms with Crippen LogP contribution in [0.3, 0.4) is 0 Å². The van der Waals surface area contributed by atoms with Crippen molar-refractivity contribution >= 4 is 11.9 Å². The van der Waals surface area contributed by atoms with E-state index in [2.05, 4.69) is 13.8 Å². The van der Waals surface area contributed by atoms with Crippen LogP contribution in [0.15, 0.2) is 24.3 Å². The first-order valence-electron chi connectivity index (χ1n) is 7.57. The van der Waals surface area contributed by atoms with Crippen molar-refractivity contribution in [2.45, 2.75) is 33.1 Å². The van der Waals surface area contributed by atoms with E-state index in [1.807, 2.05) is 11.0 Å². The number of hydrogen-bond donors (Lipinski definition) is 1. The molecule has 4 nitrogen and oxygen atoms in total. The molecule has 114 valence electrons. The Balaban J connectivity index is 1.93. The Morgan fingerprint density at radius 1 is 1.29 bits per heavy atom. The molecule has 1 amide bonds. The van der Waals surface area contributed by atoms with E-state index >= 15 is 0 Å². The van der Waals surface area contributed by atoms with Gasteiger partial charge in [-0.15, -0.1) is 0 Å². The third-order valence-corrected chi connectivity index (χ3v) is 4.36. The summed E-state index contributed by atoms with van der Waals surface area (Å²) in [6, 6.07) is 6.63. The average Bonchev–Trinajstić information content (AvgIpc) is 2.47. The second-order valence-electron chi connectivity index (χ2n) is 6.14. The lowest BCUT2D eigenvalue weighted by atomic mass is 9.86. The Kier molecular flexibility index (Phi) is 4.99. The number of carboxylic acid groups (broad SMARTS) is 1. The number of aromatic carboxylic acids is 1. The number of carboxylic acids is 1.